The van der Waals surface area contributed by atoms with Crippen molar-refractivity contribution in [2.75, 3.05) is 41.9 Å². The molecule has 44 heavy (non-hydrogen) atoms. The molecule has 234 valence electrons. The highest BCUT2D eigenvalue weighted by atomic mass is 16.5. The molecule has 0 spiro atoms. The Morgan fingerprint density at radius 3 is 2.23 bits per heavy atom. The second kappa shape index (κ2) is 15.6. The van der Waals surface area contributed by atoms with Gasteiger partial charge in [0.1, 0.15) is 5.75 Å². The van der Waals surface area contributed by atoms with Crippen LogP contribution in [-0.2, 0) is 14.4 Å². The number of carboxylic acids is 1. The summed E-state index contributed by atoms with van der Waals surface area (Å²) in [4.78, 5) is 53.6. The van der Waals surface area contributed by atoms with E-state index in [0.29, 0.717) is 41.6 Å². The van der Waals surface area contributed by atoms with Crippen LogP contribution in [0.3, 0.4) is 0 Å². The number of urea groups is 1. The molecular formula is C34H42N4O6. The Labute approximate surface area is 259 Å². The van der Waals surface area contributed by atoms with E-state index in [1.165, 1.54) is 0 Å². The Kier molecular flexibility index (Phi) is 11.9. The van der Waals surface area contributed by atoms with Gasteiger partial charge in [-0.25, -0.2) is 4.79 Å². The van der Waals surface area contributed by atoms with Crippen molar-refractivity contribution in [2.45, 2.75) is 47.0 Å². The van der Waals surface area contributed by atoms with Crippen molar-refractivity contribution >= 4 is 40.9 Å². The fourth-order valence-corrected chi connectivity index (χ4v) is 4.55. The molecule has 10 heteroatoms. The zero-order valence-electron chi connectivity index (χ0n) is 26.2. The second-order valence-electron chi connectivity index (χ2n) is 11.3. The highest BCUT2D eigenvalue weighted by molar-refractivity contribution is 5.99. The maximum absolute atomic E-state index is 13.5. The number of carbonyl (C=O) groups excluding carboxylic acids is 3. The van der Waals surface area contributed by atoms with E-state index in [-0.39, 0.29) is 25.0 Å². The molecular weight excluding hydrogens is 560 g/mol. The number of hydrogen-bond acceptors (Lipinski definition) is 5. The van der Waals surface area contributed by atoms with Crippen molar-refractivity contribution in [1.29, 1.82) is 0 Å². The Bertz CT molecular complexity index is 1470. The van der Waals surface area contributed by atoms with Gasteiger partial charge in [0.2, 0.25) is 5.91 Å². The standard InChI is InChI=1S/C34H42N4O6/c1-22(2)14-15-38(31(39)20-35-34(43)36-27-11-9-10-26(19-27)25(5)33(41)42)29-12-7-8-13-30(29)44-21-32(40)37(6)28-17-23(3)16-24(4)18-28/h7-13,16-19,22,25H,14-15,20-21H2,1-6H3,(H,41,42)(H2,35,36,43). The van der Waals surface area contributed by atoms with Crippen molar-refractivity contribution in [3.63, 3.8) is 0 Å². The number of likely N-dealkylation sites (N-methyl/N-ethyl adjacent to an activating group) is 1. The number of amides is 4. The first-order chi connectivity index (χ1) is 20.8. The number of nitrogens with zero attached hydrogens (tertiary/aromatic N) is 2. The lowest BCUT2D eigenvalue weighted by Crippen LogP contribution is -2.42. The average molecular weight is 603 g/mol. The summed E-state index contributed by atoms with van der Waals surface area (Å²) in [5, 5.41) is 14.5. The average Bonchev–Trinajstić information content (AvgIpc) is 2.98. The number of nitrogens with one attached hydrogen (secondary N) is 2. The van der Waals surface area contributed by atoms with Crippen LogP contribution in [0.5, 0.6) is 5.75 Å². The summed E-state index contributed by atoms with van der Waals surface area (Å²) >= 11 is 0. The van der Waals surface area contributed by atoms with Gasteiger partial charge in [-0.3, -0.25) is 14.4 Å². The van der Waals surface area contributed by atoms with Crippen LogP contribution in [0.4, 0.5) is 21.9 Å². The number of carbonyl (C=O) groups is 4. The first-order valence-corrected chi connectivity index (χ1v) is 14.6. The molecule has 1 atom stereocenters. The molecule has 0 aliphatic heterocycles. The van der Waals surface area contributed by atoms with Gasteiger partial charge < -0.3 is 30.3 Å². The summed E-state index contributed by atoms with van der Waals surface area (Å²) in [6, 6.07) is 18.9. The van der Waals surface area contributed by atoms with Crippen LogP contribution in [0.15, 0.2) is 66.7 Å². The number of aryl methyl sites for hydroxylation is 2. The molecule has 0 saturated heterocycles. The van der Waals surface area contributed by atoms with Crippen LogP contribution in [-0.4, -0.2) is 55.7 Å². The summed E-state index contributed by atoms with van der Waals surface area (Å²) in [7, 11) is 1.70. The van der Waals surface area contributed by atoms with Crippen molar-refractivity contribution in [3.05, 3.63) is 83.4 Å². The maximum atomic E-state index is 13.5. The first kappa shape index (κ1) is 33.6. The number of hydrogen-bond donors (Lipinski definition) is 3. The lowest BCUT2D eigenvalue weighted by atomic mass is 10.0. The van der Waals surface area contributed by atoms with E-state index >= 15 is 0 Å². The molecule has 3 N–H and O–H groups in total. The molecule has 0 saturated carbocycles. The topological polar surface area (TPSA) is 128 Å². The molecule has 4 amide bonds. The van der Waals surface area contributed by atoms with Gasteiger partial charge in [0, 0.05) is 25.0 Å². The molecule has 3 aromatic carbocycles. The third-order valence-corrected chi connectivity index (χ3v) is 7.12. The normalized spacial score (nSPS) is 11.4. The molecule has 0 heterocycles. The van der Waals surface area contributed by atoms with Gasteiger partial charge in [0.15, 0.2) is 6.61 Å². The van der Waals surface area contributed by atoms with E-state index in [4.69, 9.17) is 4.74 Å². The minimum Gasteiger partial charge on any atom is -0.482 e. The highest BCUT2D eigenvalue weighted by Crippen LogP contribution is 2.29. The number of ether oxygens (including phenoxy) is 1. The summed E-state index contributed by atoms with van der Waals surface area (Å²) < 4.78 is 5.97. The zero-order chi connectivity index (χ0) is 32.4. The van der Waals surface area contributed by atoms with E-state index in [9.17, 15) is 24.3 Å². The van der Waals surface area contributed by atoms with Crippen molar-refractivity contribution in [1.82, 2.24) is 5.32 Å². The van der Waals surface area contributed by atoms with E-state index in [1.54, 1.807) is 72.3 Å². The van der Waals surface area contributed by atoms with Crippen LogP contribution < -0.4 is 25.2 Å². The van der Waals surface area contributed by atoms with Crippen molar-refractivity contribution in [2.24, 2.45) is 5.92 Å². The molecule has 0 aromatic heterocycles. The summed E-state index contributed by atoms with van der Waals surface area (Å²) in [6.07, 6.45) is 0.704. The van der Waals surface area contributed by atoms with Crippen LogP contribution in [0.25, 0.3) is 0 Å². The lowest BCUT2D eigenvalue weighted by molar-refractivity contribution is -0.138. The van der Waals surface area contributed by atoms with Gasteiger partial charge >= 0.3 is 12.0 Å². The Hall–Kier alpha value is -4.86. The minimum atomic E-state index is -0.972. The molecule has 0 radical (unpaired) electrons. The minimum absolute atomic E-state index is 0.229. The number of benzene rings is 3. The number of para-hydroxylation sites is 2. The van der Waals surface area contributed by atoms with Gasteiger partial charge in [-0.15, -0.1) is 0 Å². The van der Waals surface area contributed by atoms with E-state index in [0.717, 1.165) is 16.8 Å². The first-order valence-electron chi connectivity index (χ1n) is 14.6. The Morgan fingerprint density at radius 2 is 1.57 bits per heavy atom. The third-order valence-electron chi connectivity index (χ3n) is 7.12. The quantitative estimate of drug-likeness (QED) is 0.229. The van der Waals surface area contributed by atoms with Gasteiger partial charge in [-0.05, 0) is 86.2 Å². The predicted molar refractivity (Wildman–Crippen MR) is 173 cm³/mol. The van der Waals surface area contributed by atoms with E-state index in [1.807, 2.05) is 32.0 Å². The van der Waals surface area contributed by atoms with Crippen molar-refractivity contribution < 1.29 is 29.0 Å². The van der Waals surface area contributed by atoms with Crippen LogP contribution in [0.1, 0.15) is 49.8 Å². The molecule has 10 nitrogen and oxygen atoms in total. The SMILES string of the molecule is Cc1cc(C)cc(N(C)C(=O)COc2ccccc2N(CCC(C)C)C(=O)CNC(=O)Nc2cccc(C(C)C(=O)O)c2)c1. The maximum Gasteiger partial charge on any atom is 0.319 e. The zero-order valence-corrected chi connectivity index (χ0v) is 26.2. The largest absolute Gasteiger partial charge is 0.482 e. The van der Waals surface area contributed by atoms with Gasteiger partial charge in [0.05, 0.1) is 18.2 Å². The number of carboxylic acid groups (broad SMARTS) is 1. The number of aliphatic carboxylic acids is 1. The molecule has 3 aromatic rings. The van der Waals surface area contributed by atoms with Crippen LogP contribution in [0.2, 0.25) is 0 Å². The molecule has 0 fully saturated rings. The second-order valence-corrected chi connectivity index (χ2v) is 11.3. The van der Waals surface area contributed by atoms with Gasteiger partial charge in [0.25, 0.3) is 5.91 Å². The smallest absolute Gasteiger partial charge is 0.319 e. The monoisotopic (exact) mass is 602 g/mol. The van der Waals surface area contributed by atoms with Crippen LogP contribution >= 0.6 is 0 Å². The lowest BCUT2D eigenvalue weighted by Gasteiger charge is -2.26. The van der Waals surface area contributed by atoms with Crippen LogP contribution in [0, 0.1) is 19.8 Å². The van der Waals surface area contributed by atoms with E-state index < -0.39 is 17.9 Å². The molecule has 0 aliphatic rings. The number of anilines is 3. The number of rotatable bonds is 13. The fraction of sp³-hybridized carbons (Fsp3) is 0.353. The third kappa shape index (κ3) is 9.58. The van der Waals surface area contributed by atoms with E-state index in [2.05, 4.69) is 24.5 Å². The summed E-state index contributed by atoms with van der Waals surface area (Å²) in [6.45, 7) is 9.48. The van der Waals surface area contributed by atoms with Crippen molar-refractivity contribution in [3.8, 4) is 5.75 Å². The fourth-order valence-electron chi connectivity index (χ4n) is 4.55. The highest BCUT2D eigenvalue weighted by Gasteiger charge is 2.22. The Morgan fingerprint density at radius 1 is 0.886 bits per heavy atom. The van der Waals surface area contributed by atoms with Gasteiger partial charge in [-0.2, -0.15) is 0 Å². The molecule has 0 bridgehead atoms. The summed E-state index contributed by atoms with van der Waals surface area (Å²) in [5.74, 6) is -1.63. The van der Waals surface area contributed by atoms with Gasteiger partial charge in [-0.1, -0.05) is 44.2 Å². The predicted octanol–water partition coefficient (Wildman–Crippen LogP) is 5.73. The summed E-state index contributed by atoms with van der Waals surface area (Å²) in [5.41, 5.74) is 4.32. The molecule has 1 unspecified atom stereocenters. The Balaban J connectivity index is 1.70. The molecule has 3 rings (SSSR count). The molecule has 0 aliphatic carbocycles.